The predicted octanol–water partition coefficient (Wildman–Crippen LogP) is 3.61. The number of rotatable bonds is 4. The maximum atomic E-state index is 13.7. The van der Waals surface area contributed by atoms with E-state index in [1.807, 2.05) is 47.3 Å². The van der Waals surface area contributed by atoms with Crippen LogP contribution in [0.1, 0.15) is 25.5 Å². The molecule has 0 bridgehead atoms. The first-order chi connectivity index (χ1) is 15.8. The van der Waals surface area contributed by atoms with Crippen molar-refractivity contribution in [1.82, 2.24) is 9.96 Å². The third-order valence-corrected chi connectivity index (χ3v) is 8.85. The number of anilines is 1. The lowest BCUT2D eigenvalue weighted by molar-refractivity contribution is -0.188. The van der Waals surface area contributed by atoms with Crippen LogP contribution in [0.15, 0.2) is 54.6 Å². The number of hydrogen-bond acceptors (Lipinski definition) is 7. The molecule has 0 aromatic heterocycles. The number of amides is 2. The molecule has 3 aliphatic heterocycles. The first-order valence-corrected chi connectivity index (χ1v) is 12.0. The van der Waals surface area contributed by atoms with Gasteiger partial charge in [-0.1, -0.05) is 54.3 Å². The molecule has 2 aromatic carbocycles. The van der Waals surface area contributed by atoms with Gasteiger partial charge in [0.15, 0.2) is 6.10 Å². The second-order valence-electron chi connectivity index (χ2n) is 8.93. The molecule has 3 aliphatic rings. The van der Waals surface area contributed by atoms with Gasteiger partial charge in [0, 0.05) is 7.05 Å². The maximum Gasteiger partial charge on any atom is 0.265 e. The number of imide groups is 1. The third kappa shape index (κ3) is 3.37. The summed E-state index contributed by atoms with van der Waals surface area (Å²) in [4.78, 5) is 36.8. The Morgan fingerprint density at radius 3 is 2.27 bits per heavy atom. The van der Waals surface area contributed by atoms with Crippen LogP contribution in [0.2, 0.25) is 0 Å². The lowest BCUT2D eigenvalue weighted by Gasteiger charge is -2.39. The summed E-state index contributed by atoms with van der Waals surface area (Å²) in [6.07, 6.45) is -0.888. The molecule has 172 valence electrons. The summed E-state index contributed by atoms with van der Waals surface area (Å²) in [5.41, 5.74) is 1.09. The number of thiocarbonyl (C=S) groups is 1. The summed E-state index contributed by atoms with van der Waals surface area (Å²) < 4.78 is 5.97. The number of benzene rings is 2. The van der Waals surface area contributed by atoms with E-state index >= 15 is 0 Å². The van der Waals surface area contributed by atoms with Crippen LogP contribution in [0, 0.1) is 5.92 Å². The summed E-state index contributed by atoms with van der Waals surface area (Å²) in [6, 6.07) is 16.3. The molecular weight excluding hydrogens is 458 g/mol. The van der Waals surface area contributed by atoms with Crippen molar-refractivity contribution in [2.24, 2.45) is 5.92 Å². The monoisotopic (exact) mass is 483 g/mol. The van der Waals surface area contributed by atoms with E-state index in [2.05, 4.69) is 13.8 Å². The van der Waals surface area contributed by atoms with E-state index in [9.17, 15) is 9.59 Å². The summed E-state index contributed by atoms with van der Waals surface area (Å²) in [5.74, 6) is -0.611. The van der Waals surface area contributed by atoms with Gasteiger partial charge in [0.25, 0.3) is 5.91 Å². The maximum absolute atomic E-state index is 13.7. The normalized spacial score (nSPS) is 29.2. The number of ether oxygens (including phenoxy) is 1. The number of methoxy groups -OCH3 is 1. The number of likely N-dealkylation sites (N-methyl/N-ethyl adjacent to an activating group) is 1. The molecule has 3 heterocycles. The van der Waals surface area contributed by atoms with E-state index in [1.54, 1.807) is 31.4 Å². The lowest BCUT2D eigenvalue weighted by Crippen LogP contribution is -2.51. The van der Waals surface area contributed by atoms with Gasteiger partial charge in [-0.05, 0) is 43.7 Å². The molecule has 2 amide bonds. The minimum absolute atomic E-state index is 0.180. The first-order valence-electron chi connectivity index (χ1n) is 10.7. The smallest absolute Gasteiger partial charge is 0.265 e. The van der Waals surface area contributed by atoms with Crippen molar-refractivity contribution in [3.05, 3.63) is 60.2 Å². The average molecular weight is 484 g/mol. The van der Waals surface area contributed by atoms with Crippen molar-refractivity contribution in [2.45, 2.75) is 36.9 Å². The second kappa shape index (κ2) is 8.09. The van der Waals surface area contributed by atoms with E-state index in [0.29, 0.717) is 11.4 Å². The van der Waals surface area contributed by atoms with E-state index in [0.717, 1.165) is 9.88 Å². The number of nitrogens with zero attached hydrogens (tertiary/aromatic N) is 3. The highest BCUT2D eigenvalue weighted by molar-refractivity contribution is 8.23. The molecule has 2 aromatic rings. The van der Waals surface area contributed by atoms with Gasteiger partial charge in [-0.25, -0.2) is 4.90 Å². The topological polar surface area (TPSA) is 62.3 Å². The van der Waals surface area contributed by atoms with Crippen LogP contribution < -0.4 is 9.64 Å². The van der Waals surface area contributed by atoms with Crippen molar-refractivity contribution in [3.8, 4) is 5.75 Å². The average Bonchev–Trinajstić information content (AvgIpc) is 3.39. The van der Waals surface area contributed by atoms with E-state index in [-0.39, 0.29) is 22.7 Å². The fourth-order valence-electron chi connectivity index (χ4n) is 4.71. The lowest BCUT2D eigenvalue weighted by atomic mass is 9.90. The quantitative estimate of drug-likeness (QED) is 0.483. The molecule has 0 radical (unpaired) electrons. The molecule has 4 atom stereocenters. The molecular formula is C24H25N3O4S2. The molecule has 3 fully saturated rings. The number of thioether (sulfide) groups is 1. The number of carbonyl (C=O) groups excluding carboxylic acids is 2. The fraction of sp³-hybridized carbons (Fsp3) is 0.375. The number of hydroxylamine groups is 2. The zero-order valence-electron chi connectivity index (χ0n) is 18.8. The van der Waals surface area contributed by atoms with Gasteiger partial charge >= 0.3 is 0 Å². The van der Waals surface area contributed by atoms with Gasteiger partial charge < -0.3 is 9.64 Å². The fourth-order valence-corrected chi connectivity index (χ4v) is 6.53. The minimum atomic E-state index is -0.888. The van der Waals surface area contributed by atoms with E-state index < -0.39 is 18.1 Å². The Labute approximate surface area is 202 Å². The Bertz CT molecular complexity index is 1110. The van der Waals surface area contributed by atoms with E-state index in [1.165, 1.54) is 16.7 Å². The predicted molar refractivity (Wildman–Crippen MR) is 131 cm³/mol. The van der Waals surface area contributed by atoms with Gasteiger partial charge in [0.1, 0.15) is 15.4 Å². The molecule has 0 saturated carbocycles. The second-order valence-corrected chi connectivity index (χ2v) is 10.6. The van der Waals surface area contributed by atoms with Crippen molar-refractivity contribution in [1.29, 1.82) is 0 Å². The number of fused-ring (bicyclic) bond motifs is 1. The van der Waals surface area contributed by atoms with Crippen LogP contribution in [-0.4, -0.2) is 57.3 Å². The van der Waals surface area contributed by atoms with Crippen LogP contribution in [-0.2, 0) is 14.4 Å². The summed E-state index contributed by atoms with van der Waals surface area (Å²) in [7, 11) is 3.54. The molecule has 0 unspecified atom stereocenters. The molecule has 0 N–H and O–H groups in total. The SMILES string of the molecule is COc1ccc(N2C(=O)[C@H]3[C@@H](ON([C@@H]4SC(=S)N(C)C4(C)C)[C@H]3c3ccccc3)C2=O)cc1. The molecule has 3 saturated heterocycles. The highest BCUT2D eigenvalue weighted by Gasteiger charge is 2.63. The van der Waals surface area contributed by atoms with Crippen LogP contribution >= 0.6 is 24.0 Å². The first kappa shape index (κ1) is 22.3. The molecule has 0 aliphatic carbocycles. The Morgan fingerprint density at radius 2 is 1.70 bits per heavy atom. The summed E-state index contributed by atoms with van der Waals surface area (Å²) in [6.45, 7) is 4.19. The third-order valence-electron chi connectivity index (χ3n) is 6.80. The van der Waals surface area contributed by atoms with Gasteiger partial charge in [-0.2, -0.15) is 5.06 Å². The zero-order valence-corrected chi connectivity index (χ0v) is 20.4. The molecule has 33 heavy (non-hydrogen) atoms. The van der Waals surface area contributed by atoms with Gasteiger partial charge in [-0.15, -0.1) is 0 Å². The standard InChI is InChI=1S/C24H25N3O4S2/c1-24(2)22(33-23(32)25(24)3)27-18(14-8-6-5-7-9-14)17-19(31-27)21(29)26(20(17)28)15-10-12-16(30-4)13-11-15/h5-13,17-19,22H,1-4H3/t17-,18+,19-,22-/m1/s1. The van der Waals surface area contributed by atoms with Gasteiger partial charge in [-0.3, -0.25) is 14.4 Å². The molecule has 7 nitrogen and oxygen atoms in total. The van der Waals surface area contributed by atoms with Crippen LogP contribution in [0.5, 0.6) is 5.75 Å². The largest absolute Gasteiger partial charge is 0.497 e. The highest BCUT2D eigenvalue weighted by Crippen LogP contribution is 2.52. The Morgan fingerprint density at radius 1 is 1.03 bits per heavy atom. The van der Waals surface area contributed by atoms with Crippen molar-refractivity contribution >= 4 is 45.8 Å². The Hall–Kier alpha value is -2.46. The van der Waals surface area contributed by atoms with Crippen molar-refractivity contribution < 1.29 is 19.2 Å². The Kier molecular flexibility index (Phi) is 5.48. The summed E-state index contributed by atoms with van der Waals surface area (Å²) in [5, 5.41) is 1.66. The molecule has 5 rings (SSSR count). The van der Waals surface area contributed by atoms with Gasteiger partial charge in [0.2, 0.25) is 5.91 Å². The zero-order chi connectivity index (χ0) is 23.5. The van der Waals surface area contributed by atoms with Gasteiger partial charge in [0.05, 0.1) is 30.3 Å². The van der Waals surface area contributed by atoms with Crippen LogP contribution in [0.3, 0.4) is 0 Å². The number of hydrogen-bond donors (Lipinski definition) is 0. The number of carbonyl (C=O) groups is 2. The van der Waals surface area contributed by atoms with Crippen molar-refractivity contribution in [2.75, 3.05) is 19.1 Å². The van der Waals surface area contributed by atoms with E-state index in [4.69, 9.17) is 21.8 Å². The highest BCUT2D eigenvalue weighted by atomic mass is 32.2. The van der Waals surface area contributed by atoms with Crippen LogP contribution in [0.25, 0.3) is 0 Å². The minimum Gasteiger partial charge on any atom is -0.497 e. The molecule has 0 spiro atoms. The molecule has 9 heteroatoms. The Balaban J connectivity index is 1.54. The van der Waals surface area contributed by atoms with Crippen molar-refractivity contribution in [3.63, 3.8) is 0 Å². The van der Waals surface area contributed by atoms with Crippen LogP contribution in [0.4, 0.5) is 5.69 Å². The summed E-state index contributed by atoms with van der Waals surface area (Å²) >= 11 is 7.09.